The molecule has 0 saturated carbocycles. The molecule has 0 spiro atoms. The normalized spacial score (nSPS) is 10.9. The highest BCUT2D eigenvalue weighted by Crippen LogP contribution is 2.23. The maximum absolute atomic E-state index is 5.72. The Bertz CT molecular complexity index is 574. The molecule has 2 N–H and O–H groups in total. The lowest BCUT2D eigenvalue weighted by Crippen LogP contribution is -2.15. The monoisotopic (exact) mass is 270 g/mol. The molecule has 20 heavy (non-hydrogen) atoms. The fraction of sp³-hybridized carbons (Fsp3) is 0.375. The highest BCUT2D eigenvalue weighted by atomic mass is 15.2. The topological polar surface area (TPSA) is 55.0 Å². The summed E-state index contributed by atoms with van der Waals surface area (Å²) in [6.45, 7) is 4.80. The van der Waals surface area contributed by atoms with Crippen molar-refractivity contribution >= 4 is 5.95 Å². The first-order chi connectivity index (χ1) is 9.51. The Morgan fingerprint density at radius 1 is 1.10 bits per heavy atom. The van der Waals surface area contributed by atoms with Crippen molar-refractivity contribution in [3.63, 3.8) is 0 Å². The van der Waals surface area contributed by atoms with Crippen LogP contribution in [-0.2, 0) is 6.54 Å². The quantitative estimate of drug-likeness (QED) is 0.928. The fourth-order valence-electron chi connectivity index (χ4n) is 1.97. The molecule has 0 bridgehead atoms. The Morgan fingerprint density at radius 3 is 2.25 bits per heavy atom. The minimum atomic E-state index is 0.417. The van der Waals surface area contributed by atoms with Gasteiger partial charge in [0.25, 0.3) is 0 Å². The molecule has 1 aromatic carbocycles. The molecular formula is C16H22N4. The van der Waals surface area contributed by atoms with Crippen LogP contribution in [0.4, 0.5) is 5.95 Å². The number of aromatic nitrogens is 2. The molecule has 106 valence electrons. The number of nitrogens with two attached hydrogens (primary N) is 1. The van der Waals surface area contributed by atoms with Crippen molar-refractivity contribution in [1.29, 1.82) is 0 Å². The standard InChI is InChI=1S/C16H22N4/c1-11(2)12-5-7-13(8-6-12)15-9-14(10-17)18-16(19-15)20(3)4/h5-9,11H,10,17H2,1-4H3. The van der Waals surface area contributed by atoms with Gasteiger partial charge in [0.05, 0.1) is 11.4 Å². The SMILES string of the molecule is CC(C)c1ccc(-c2cc(CN)nc(N(C)C)n2)cc1. The van der Waals surface area contributed by atoms with Crippen LogP contribution in [0.2, 0.25) is 0 Å². The van der Waals surface area contributed by atoms with Gasteiger partial charge in [-0.1, -0.05) is 38.1 Å². The first-order valence-electron chi connectivity index (χ1n) is 6.87. The average Bonchev–Trinajstić information content (AvgIpc) is 2.46. The second-order valence-electron chi connectivity index (χ2n) is 5.42. The van der Waals surface area contributed by atoms with E-state index in [2.05, 4.69) is 48.1 Å². The van der Waals surface area contributed by atoms with Crippen LogP contribution in [0.25, 0.3) is 11.3 Å². The van der Waals surface area contributed by atoms with Crippen molar-refractivity contribution < 1.29 is 0 Å². The summed E-state index contributed by atoms with van der Waals surface area (Å²) >= 11 is 0. The fourth-order valence-corrected chi connectivity index (χ4v) is 1.97. The highest BCUT2D eigenvalue weighted by Gasteiger charge is 2.08. The van der Waals surface area contributed by atoms with Crippen LogP contribution in [0.1, 0.15) is 31.0 Å². The van der Waals surface area contributed by atoms with Gasteiger partial charge in [-0.2, -0.15) is 0 Å². The molecule has 2 rings (SSSR count). The Kier molecular flexibility index (Phi) is 4.35. The predicted octanol–water partition coefficient (Wildman–Crippen LogP) is 2.79. The van der Waals surface area contributed by atoms with Gasteiger partial charge in [-0.05, 0) is 17.5 Å². The summed E-state index contributed by atoms with van der Waals surface area (Å²) < 4.78 is 0. The summed E-state index contributed by atoms with van der Waals surface area (Å²) in [7, 11) is 3.86. The van der Waals surface area contributed by atoms with Gasteiger partial charge < -0.3 is 10.6 Å². The van der Waals surface area contributed by atoms with E-state index in [0.29, 0.717) is 18.4 Å². The van der Waals surface area contributed by atoms with E-state index in [1.807, 2.05) is 25.1 Å². The van der Waals surface area contributed by atoms with Crippen LogP contribution in [0.3, 0.4) is 0 Å². The molecule has 0 aliphatic carbocycles. The minimum absolute atomic E-state index is 0.417. The van der Waals surface area contributed by atoms with Gasteiger partial charge >= 0.3 is 0 Å². The van der Waals surface area contributed by atoms with Crippen LogP contribution in [-0.4, -0.2) is 24.1 Å². The van der Waals surface area contributed by atoms with E-state index < -0.39 is 0 Å². The van der Waals surface area contributed by atoms with Crippen LogP contribution >= 0.6 is 0 Å². The van der Waals surface area contributed by atoms with Crippen LogP contribution in [0.15, 0.2) is 30.3 Å². The summed E-state index contributed by atoms with van der Waals surface area (Å²) in [5, 5.41) is 0. The van der Waals surface area contributed by atoms with E-state index >= 15 is 0 Å². The number of rotatable bonds is 4. The molecule has 4 heteroatoms. The molecule has 1 heterocycles. The lowest BCUT2D eigenvalue weighted by atomic mass is 10.0. The molecule has 0 unspecified atom stereocenters. The number of nitrogens with zero attached hydrogens (tertiary/aromatic N) is 3. The van der Waals surface area contributed by atoms with Crippen LogP contribution in [0.5, 0.6) is 0 Å². The van der Waals surface area contributed by atoms with Gasteiger partial charge in [0.2, 0.25) is 5.95 Å². The molecule has 0 saturated heterocycles. The van der Waals surface area contributed by atoms with E-state index in [1.54, 1.807) is 0 Å². The van der Waals surface area contributed by atoms with Crippen LogP contribution < -0.4 is 10.6 Å². The Labute approximate surface area is 120 Å². The van der Waals surface area contributed by atoms with E-state index in [9.17, 15) is 0 Å². The van der Waals surface area contributed by atoms with Crippen molar-refractivity contribution in [3.05, 3.63) is 41.6 Å². The summed E-state index contributed by atoms with van der Waals surface area (Å²) in [6.07, 6.45) is 0. The molecule has 2 aromatic rings. The molecule has 0 fully saturated rings. The van der Waals surface area contributed by atoms with Gasteiger partial charge in [0.1, 0.15) is 0 Å². The molecule has 4 nitrogen and oxygen atoms in total. The summed E-state index contributed by atoms with van der Waals surface area (Å²) in [5.74, 6) is 1.22. The first kappa shape index (κ1) is 14.5. The van der Waals surface area contributed by atoms with Gasteiger partial charge in [0, 0.05) is 26.2 Å². The Hall–Kier alpha value is -1.94. The van der Waals surface area contributed by atoms with Gasteiger partial charge in [-0.15, -0.1) is 0 Å². The van der Waals surface area contributed by atoms with Crippen molar-refractivity contribution in [1.82, 2.24) is 9.97 Å². The van der Waals surface area contributed by atoms with Crippen molar-refractivity contribution in [2.45, 2.75) is 26.3 Å². The maximum Gasteiger partial charge on any atom is 0.225 e. The van der Waals surface area contributed by atoms with Crippen molar-refractivity contribution in [2.75, 3.05) is 19.0 Å². The Morgan fingerprint density at radius 2 is 1.75 bits per heavy atom. The molecule has 0 radical (unpaired) electrons. The van der Waals surface area contributed by atoms with E-state index in [4.69, 9.17) is 5.73 Å². The molecule has 0 atom stereocenters. The van der Waals surface area contributed by atoms with Gasteiger partial charge in [-0.25, -0.2) is 9.97 Å². The molecule has 0 aliphatic heterocycles. The smallest absolute Gasteiger partial charge is 0.225 e. The van der Waals surface area contributed by atoms with Gasteiger partial charge in [0.15, 0.2) is 0 Å². The molecular weight excluding hydrogens is 248 g/mol. The third kappa shape index (κ3) is 3.14. The highest BCUT2D eigenvalue weighted by molar-refractivity contribution is 5.61. The maximum atomic E-state index is 5.72. The number of benzene rings is 1. The lowest BCUT2D eigenvalue weighted by Gasteiger charge is -2.13. The largest absolute Gasteiger partial charge is 0.347 e. The summed E-state index contributed by atoms with van der Waals surface area (Å²) in [4.78, 5) is 10.9. The number of hydrogen-bond donors (Lipinski definition) is 1. The Balaban J connectivity index is 2.43. The zero-order chi connectivity index (χ0) is 14.7. The zero-order valence-corrected chi connectivity index (χ0v) is 12.6. The molecule has 1 aromatic heterocycles. The zero-order valence-electron chi connectivity index (χ0n) is 12.6. The van der Waals surface area contributed by atoms with E-state index in [0.717, 1.165) is 17.0 Å². The molecule has 0 amide bonds. The minimum Gasteiger partial charge on any atom is -0.347 e. The van der Waals surface area contributed by atoms with E-state index in [-0.39, 0.29) is 0 Å². The van der Waals surface area contributed by atoms with Crippen molar-refractivity contribution in [2.24, 2.45) is 5.73 Å². The summed E-state index contributed by atoms with van der Waals surface area (Å²) in [5.41, 5.74) is 9.91. The number of hydrogen-bond acceptors (Lipinski definition) is 4. The summed E-state index contributed by atoms with van der Waals surface area (Å²) in [6, 6.07) is 10.5. The van der Waals surface area contributed by atoms with Crippen LogP contribution in [0, 0.1) is 0 Å². The second kappa shape index (κ2) is 6.01. The predicted molar refractivity (Wildman–Crippen MR) is 83.8 cm³/mol. The lowest BCUT2D eigenvalue weighted by molar-refractivity contribution is 0.867. The van der Waals surface area contributed by atoms with Gasteiger partial charge in [-0.3, -0.25) is 0 Å². The van der Waals surface area contributed by atoms with Crippen molar-refractivity contribution in [3.8, 4) is 11.3 Å². The van der Waals surface area contributed by atoms with E-state index in [1.165, 1.54) is 5.56 Å². The first-order valence-corrected chi connectivity index (χ1v) is 6.87. The average molecular weight is 270 g/mol. The third-order valence-corrected chi connectivity index (χ3v) is 3.25. The number of anilines is 1. The molecule has 0 aliphatic rings. The second-order valence-corrected chi connectivity index (χ2v) is 5.42. The third-order valence-electron chi connectivity index (χ3n) is 3.25.